The monoisotopic (exact) mass is 177 g/mol. The molecule has 0 saturated heterocycles. The fraction of sp³-hybridized carbons (Fsp3) is 0.333. The van der Waals surface area contributed by atoms with E-state index < -0.39 is 17.1 Å². The van der Waals surface area contributed by atoms with Gasteiger partial charge in [0.1, 0.15) is 0 Å². The number of hydrogen-bond acceptors (Lipinski definition) is 2. The predicted molar refractivity (Wildman–Crippen MR) is 38.7 cm³/mol. The number of halogens is 2. The van der Waals surface area contributed by atoms with Gasteiger partial charge in [-0.25, -0.2) is 9.18 Å². The minimum Gasteiger partial charge on any atom is -0.479 e. The molecule has 0 saturated carbocycles. The van der Waals surface area contributed by atoms with Gasteiger partial charge in [-0.2, -0.15) is 0 Å². The maximum Gasteiger partial charge on any atom is 0.349 e. The highest BCUT2D eigenvalue weighted by atomic mass is 35.5. The molecular formula is C6H5ClFNO2. The second kappa shape index (κ2) is 2.62. The van der Waals surface area contributed by atoms with Crippen molar-refractivity contribution in [3.05, 3.63) is 12.2 Å². The molecule has 0 aromatic heterocycles. The van der Waals surface area contributed by atoms with E-state index in [0.29, 0.717) is 0 Å². The zero-order chi connectivity index (χ0) is 8.48. The summed E-state index contributed by atoms with van der Waals surface area (Å²) < 4.78 is 13.2. The van der Waals surface area contributed by atoms with Crippen LogP contribution in [0, 0.1) is 0 Å². The molecule has 0 bridgehead atoms. The van der Waals surface area contributed by atoms with Crippen molar-refractivity contribution in [1.29, 1.82) is 0 Å². The molecule has 1 N–H and O–H groups in total. The molecule has 0 aliphatic carbocycles. The van der Waals surface area contributed by atoms with Crippen molar-refractivity contribution in [2.45, 2.75) is 11.2 Å². The van der Waals surface area contributed by atoms with Crippen LogP contribution >= 0.6 is 11.6 Å². The average molecular weight is 178 g/mol. The van der Waals surface area contributed by atoms with Crippen molar-refractivity contribution >= 4 is 23.8 Å². The molecule has 0 amide bonds. The third-order valence-corrected chi connectivity index (χ3v) is 1.75. The number of rotatable bonds is 1. The molecule has 5 heteroatoms. The van der Waals surface area contributed by atoms with Crippen LogP contribution in [0.1, 0.15) is 0 Å². The first-order valence-corrected chi connectivity index (χ1v) is 3.28. The summed E-state index contributed by atoms with van der Waals surface area (Å²) in [4.78, 5) is 13.7. The van der Waals surface area contributed by atoms with Gasteiger partial charge in [-0.3, -0.25) is 4.99 Å². The Bertz CT molecular complexity index is 241. The Morgan fingerprint density at radius 2 is 2.45 bits per heavy atom. The molecule has 0 spiro atoms. The zero-order valence-electron chi connectivity index (χ0n) is 5.37. The smallest absolute Gasteiger partial charge is 0.349 e. The van der Waals surface area contributed by atoms with Gasteiger partial charge in [-0.15, -0.1) is 0 Å². The lowest BCUT2D eigenvalue weighted by Crippen LogP contribution is -2.41. The fourth-order valence-electron chi connectivity index (χ4n) is 0.669. The van der Waals surface area contributed by atoms with Crippen LogP contribution in [0.4, 0.5) is 4.39 Å². The number of aliphatic carboxylic acids is 1. The molecular weight excluding hydrogens is 173 g/mol. The fourth-order valence-corrected chi connectivity index (χ4v) is 0.901. The van der Waals surface area contributed by atoms with Crippen molar-refractivity contribution in [2.24, 2.45) is 4.99 Å². The molecule has 1 rings (SSSR count). The number of hydrogen-bond donors (Lipinski definition) is 1. The summed E-state index contributed by atoms with van der Waals surface area (Å²) >= 11 is 5.31. The van der Waals surface area contributed by atoms with Crippen molar-refractivity contribution in [3.63, 3.8) is 0 Å². The summed E-state index contributed by atoms with van der Waals surface area (Å²) in [6, 6.07) is 0. The van der Waals surface area contributed by atoms with E-state index in [2.05, 4.69) is 4.99 Å². The summed E-state index contributed by atoms with van der Waals surface area (Å²) in [7, 11) is 0. The Labute approximate surface area is 67.2 Å². The molecule has 0 fully saturated rings. The lowest BCUT2D eigenvalue weighted by molar-refractivity contribution is -0.147. The SMILES string of the molecule is O=C(O)C1(F)C=CC=NC1Cl. The van der Waals surface area contributed by atoms with Gasteiger partial charge in [0, 0.05) is 6.21 Å². The molecule has 2 atom stereocenters. The van der Waals surface area contributed by atoms with Crippen LogP contribution < -0.4 is 0 Å². The number of carboxylic acid groups (broad SMARTS) is 1. The molecule has 0 aromatic rings. The number of dihydropyridines is 1. The molecule has 1 aliphatic heterocycles. The van der Waals surface area contributed by atoms with Crippen molar-refractivity contribution < 1.29 is 14.3 Å². The summed E-state index contributed by atoms with van der Waals surface area (Å²) in [5, 5.41) is 8.38. The number of alkyl halides is 2. The maximum absolute atomic E-state index is 13.2. The minimum absolute atomic E-state index is 0.875. The van der Waals surface area contributed by atoms with E-state index in [9.17, 15) is 9.18 Å². The van der Waals surface area contributed by atoms with Crippen LogP contribution in [0.3, 0.4) is 0 Å². The number of carbonyl (C=O) groups is 1. The topological polar surface area (TPSA) is 49.7 Å². The number of carboxylic acids is 1. The molecule has 11 heavy (non-hydrogen) atoms. The number of aliphatic imine (C=N–C) groups is 1. The predicted octanol–water partition coefficient (Wildman–Crippen LogP) is 0.985. The Balaban J connectivity index is 2.94. The standard InChI is InChI=1S/C6H5ClFNO2/c7-4-6(8,5(10)11)2-1-3-9-4/h1-4H,(H,10,11). The molecule has 0 radical (unpaired) electrons. The van der Waals surface area contributed by atoms with E-state index in [1.807, 2.05) is 0 Å². The molecule has 2 unspecified atom stereocenters. The van der Waals surface area contributed by atoms with Gasteiger partial charge >= 0.3 is 5.97 Å². The third-order valence-electron chi connectivity index (χ3n) is 1.32. The Hall–Kier alpha value is -0.900. The van der Waals surface area contributed by atoms with Crippen molar-refractivity contribution in [3.8, 4) is 0 Å². The highest BCUT2D eigenvalue weighted by molar-refractivity contribution is 6.24. The maximum atomic E-state index is 13.2. The number of allylic oxidation sites excluding steroid dienone is 1. The van der Waals surface area contributed by atoms with Crippen LogP contribution in [-0.4, -0.2) is 28.5 Å². The van der Waals surface area contributed by atoms with E-state index in [4.69, 9.17) is 16.7 Å². The second-order valence-electron chi connectivity index (χ2n) is 2.07. The Morgan fingerprint density at radius 1 is 1.82 bits per heavy atom. The van der Waals surface area contributed by atoms with Crippen LogP contribution in [0.5, 0.6) is 0 Å². The normalized spacial score (nSPS) is 35.6. The zero-order valence-corrected chi connectivity index (χ0v) is 6.12. The highest BCUT2D eigenvalue weighted by Crippen LogP contribution is 2.26. The van der Waals surface area contributed by atoms with Gasteiger partial charge in [0.15, 0.2) is 5.50 Å². The number of nitrogens with zero attached hydrogens (tertiary/aromatic N) is 1. The van der Waals surface area contributed by atoms with E-state index in [1.165, 1.54) is 12.3 Å². The van der Waals surface area contributed by atoms with Crippen molar-refractivity contribution in [1.82, 2.24) is 0 Å². The highest BCUT2D eigenvalue weighted by Gasteiger charge is 2.44. The first-order valence-electron chi connectivity index (χ1n) is 2.85. The lowest BCUT2D eigenvalue weighted by atomic mass is 10.0. The minimum atomic E-state index is -2.56. The van der Waals surface area contributed by atoms with Crippen LogP contribution in [-0.2, 0) is 4.79 Å². The molecule has 1 aliphatic rings. The first-order chi connectivity index (χ1) is 5.07. The van der Waals surface area contributed by atoms with E-state index >= 15 is 0 Å². The molecule has 1 heterocycles. The molecule has 60 valence electrons. The van der Waals surface area contributed by atoms with Crippen LogP contribution in [0.2, 0.25) is 0 Å². The lowest BCUT2D eigenvalue weighted by Gasteiger charge is -2.20. The quantitative estimate of drug-likeness (QED) is 0.480. The molecule has 0 aromatic carbocycles. The average Bonchev–Trinajstić information content (AvgIpc) is 1.95. The summed E-state index contributed by atoms with van der Waals surface area (Å²) in [6.07, 6.45) is 3.35. The third kappa shape index (κ3) is 1.26. The van der Waals surface area contributed by atoms with Crippen LogP contribution in [0.25, 0.3) is 0 Å². The Morgan fingerprint density at radius 3 is 2.82 bits per heavy atom. The van der Waals surface area contributed by atoms with Gasteiger partial charge < -0.3 is 5.11 Å². The van der Waals surface area contributed by atoms with Gasteiger partial charge in [0.2, 0.25) is 0 Å². The molecule has 3 nitrogen and oxygen atoms in total. The summed E-state index contributed by atoms with van der Waals surface area (Å²) in [5.41, 5.74) is -3.93. The van der Waals surface area contributed by atoms with Gasteiger partial charge in [0.05, 0.1) is 0 Å². The van der Waals surface area contributed by atoms with Gasteiger partial charge in [-0.1, -0.05) is 11.6 Å². The van der Waals surface area contributed by atoms with Gasteiger partial charge in [0.25, 0.3) is 5.67 Å². The second-order valence-corrected chi connectivity index (χ2v) is 2.48. The van der Waals surface area contributed by atoms with E-state index in [-0.39, 0.29) is 0 Å². The van der Waals surface area contributed by atoms with Gasteiger partial charge in [-0.05, 0) is 12.2 Å². The summed E-state index contributed by atoms with van der Waals surface area (Å²) in [6.45, 7) is 0. The van der Waals surface area contributed by atoms with Crippen molar-refractivity contribution in [2.75, 3.05) is 0 Å². The summed E-state index contributed by atoms with van der Waals surface area (Å²) in [5.74, 6) is -1.62. The van der Waals surface area contributed by atoms with E-state index in [0.717, 1.165) is 6.08 Å². The largest absolute Gasteiger partial charge is 0.479 e. The first kappa shape index (κ1) is 8.20. The van der Waals surface area contributed by atoms with Crippen LogP contribution in [0.15, 0.2) is 17.1 Å². The van der Waals surface area contributed by atoms with E-state index in [1.54, 1.807) is 0 Å². The Kier molecular flexibility index (Phi) is 1.95.